The highest BCUT2D eigenvalue weighted by Crippen LogP contribution is 2.21. The molecule has 0 aliphatic carbocycles. The van der Waals surface area contributed by atoms with Crippen molar-refractivity contribution in [2.24, 2.45) is 11.8 Å². The molecule has 1 aromatic carbocycles. The summed E-state index contributed by atoms with van der Waals surface area (Å²) < 4.78 is 60.9. The van der Waals surface area contributed by atoms with Crippen LogP contribution < -0.4 is 4.72 Å². The summed E-state index contributed by atoms with van der Waals surface area (Å²) >= 11 is 1.38. The van der Waals surface area contributed by atoms with Gasteiger partial charge in [-0.2, -0.15) is 9.03 Å². The van der Waals surface area contributed by atoms with E-state index in [4.69, 9.17) is 4.42 Å². The maximum absolute atomic E-state index is 13.8. The molecular weight excluding hydrogens is 573 g/mol. The number of furan rings is 1. The third kappa shape index (κ3) is 9.37. The molecule has 222 valence electrons. The Morgan fingerprint density at radius 1 is 1.05 bits per heavy atom. The smallest absolute Gasteiger partial charge is 0.241 e. The lowest BCUT2D eigenvalue weighted by atomic mass is 10.1. The van der Waals surface area contributed by atoms with Crippen molar-refractivity contribution >= 4 is 48.3 Å². The second-order valence-corrected chi connectivity index (χ2v) is 15.6. The van der Waals surface area contributed by atoms with Gasteiger partial charge in [0, 0.05) is 42.6 Å². The van der Waals surface area contributed by atoms with E-state index in [9.17, 15) is 21.6 Å². The van der Waals surface area contributed by atoms with E-state index in [0.717, 1.165) is 4.88 Å². The van der Waals surface area contributed by atoms with Gasteiger partial charge in [0.05, 0.1) is 22.9 Å². The third-order valence-corrected chi connectivity index (χ3v) is 9.73. The van der Waals surface area contributed by atoms with Crippen molar-refractivity contribution in [2.75, 3.05) is 25.9 Å². The lowest BCUT2D eigenvalue weighted by Crippen LogP contribution is -2.50. The average Bonchev–Trinajstić information content (AvgIpc) is 3.54. The Balaban J connectivity index is 1.78. The van der Waals surface area contributed by atoms with Crippen LogP contribution in [0.25, 0.3) is 11.0 Å². The van der Waals surface area contributed by atoms with Crippen LogP contribution in [-0.2, 0) is 31.4 Å². The number of aromatic nitrogens is 1. The average molecular weight is 613 g/mol. The summed E-state index contributed by atoms with van der Waals surface area (Å²) in [5.74, 6) is 0.136. The van der Waals surface area contributed by atoms with Gasteiger partial charge in [0.1, 0.15) is 11.6 Å². The number of amides is 1. The molecule has 1 atom stereocenters. The third-order valence-electron chi connectivity index (χ3n) is 6.25. The number of unbranched alkanes of at least 4 members (excludes halogenated alkanes) is 1. The van der Waals surface area contributed by atoms with E-state index < -0.39 is 26.1 Å². The molecule has 0 aliphatic rings. The first-order chi connectivity index (χ1) is 18.8. The zero-order valence-electron chi connectivity index (χ0n) is 23.7. The van der Waals surface area contributed by atoms with E-state index in [0.29, 0.717) is 36.9 Å². The molecule has 40 heavy (non-hydrogen) atoms. The summed E-state index contributed by atoms with van der Waals surface area (Å²) in [5, 5.41) is 0.647. The standard InChI is InChI=1S/C27H40N4O6S3/c1-20(2)16-30(17-21(3)4)27(32)25(29-40(35,36)24-9-10-26-22(14-24)11-13-37-26)8-6-7-12-31(39(5,33)34)18-23-15-28-19-38-23/h9-11,13-15,19-21,25,29H,6-8,12,16-18H2,1-5H3/t25-/m0/s1. The molecule has 0 bridgehead atoms. The molecule has 3 aromatic rings. The van der Waals surface area contributed by atoms with Crippen LogP contribution in [-0.4, -0.2) is 68.9 Å². The van der Waals surface area contributed by atoms with E-state index in [-0.39, 0.29) is 42.1 Å². The predicted octanol–water partition coefficient (Wildman–Crippen LogP) is 4.31. The van der Waals surface area contributed by atoms with E-state index in [1.54, 1.807) is 28.7 Å². The Labute approximate surface area is 241 Å². The Hall–Kier alpha value is -2.32. The largest absolute Gasteiger partial charge is 0.464 e. The van der Waals surface area contributed by atoms with Gasteiger partial charge in [-0.1, -0.05) is 34.1 Å². The first-order valence-electron chi connectivity index (χ1n) is 13.4. The molecule has 0 radical (unpaired) electrons. The van der Waals surface area contributed by atoms with Crippen LogP contribution in [0.5, 0.6) is 0 Å². The van der Waals surface area contributed by atoms with Crippen molar-refractivity contribution in [1.82, 2.24) is 18.9 Å². The number of sulfonamides is 2. The molecule has 0 aliphatic heterocycles. The number of fused-ring (bicyclic) bond motifs is 1. The van der Waals surface area contributed by atoms with Crippen molar-refractivity contribution in [2.45, 2.75) is 64.4 Å². The van der Waals surface area contributed by atoms with Gasteiger partial charge in [0.15, 0.2) is 0 Å². The number of hydrogen-bond donors (Lipinski definition) is 1. The number of nitrogens with zero attached hydrogens (tertiary/aromatic N) is 3. The Morgan fingerprint density at radius 2 is 1.75 bits per heavy atom. The molecule has 1 N–H and O–H groups in total. The quantitative estimate of drug-likeness (QED) is 0.239. The molecular formula is C27H40N4O6S3. The highest BCUT2D eigenvalue weighted by atomic mass is 32.2. The molecule has 2 heterocycles. The fourth-order valence-corrected chi connectivity index (χ4v) is 7.23. The highest BCUT2D eigenvalue weighted by molar-refractivity contribution is 7.89. The van der Waals surface area contributed by atoms with Gasteiger partial charge in [-0.05, 0) is 48.9 Å². The van der Waals surface area contributed by atoms with Crippen LogP contribution in [0.1, 0.15) is 51.8 Å². The van der Waals surface area contributed by atoms with Crippen LogP contribution >= 0.6 is 11.3 Å². The van der Waals surface area contributed by atoms with E-state index >= 15 is 0 Å². The first kappa shape index (κ1) is 32.2. The normalized spacial score (nSPS) is 13.5. The molecule has 13 heteroatoms. The van der Waals surface area contributed by atoms with Crippen LogP contribution in [0.4, 0.5) is 0 Å². The number of carbonyl (C=O) groups excluding carboxylic acids is 1. The summed E-state index contributed by atoms with van der Waals surface area (Å²) in [4.78, 5) is 20.4. The first-order valence-corrected chi connectivity index (χ1v) is 17.6. The molecule has 0 fully saturated rings. The summed E-state index contributed by atoms with van der Waals surface area (Å²) in [6.45, 7) is 9.56. The van der Waals surface area contributed by atoms with Gasteiger partial charge < -0.3 is 9.32 Å². The number of nitrogens with one attached hydrogen (secondary N) is 1. The van der Waals surface area contributed by atoms with E-state index in [2.05, 4.69) is 9.71 Å². The molecule has 1 amide bonds. The summed E-state index contributed by atoms with van der Waals surface area (Å²) in [7, 11) is -7.48. The molecule has 10 nitrogen and oxygen atoms in total. The second kappa shape index (κ2) is 14.0. The number of carbonyl (C=O) groups is 1. The van der Waals surface area contributed by atoms with Gasteiger partial charge in [0.25, 0.3) is 0 Å². The Bertz CT molecular complexity index is 1440. The highest BCUT2D eigenvalue weighted by Gasteiger charge is 2.30. The SMILES string of the molecule is CC(C)CN(CC(C)C)C(=O)[C@H](CCCCN(Cc1cncs1)S(C)(=O)=O)NS(=O)(=O)c1ccc2occc2c1. The van der Waals surface area contributed by atoms with Gasteiger partial charge in [-0.3, -0.25) is 9.78 Å². The van der Waals surface area contributed by atoms with Crippen molar-refractivity contribution in [3.8, 4) is 0 Å². The number of hydrogen-bond acceptors (Lipinski definition) is 8. The minimum atomic E-state index is -4.03. The monoisotopic (exact) mass is 612 g/mol. The zero-order chi connectivity index (χ0) is 29.5. The summed E-state index contributed by atoms with van der Waals surface area (Å²) in [6.07, 6.45) is 5.45. The van der Waals surface area contributed by atoms with Gasteiger partial charge >= 0.3 is 0 Å². The lowest BCUT2D eigenvalue weighted by Gasteiger charge is -2.30. The van der Waals surface area contributed by atoms with Crippen molar-refractivity contribution < 1.29 is 26.0 Å². The van der Waals surface area contributed by atoms with Crippen LogP contribution in [0, 0.1) is 11.8 Å². The zero-order valence-corrected chi connectivity index (χ0v) is 26.2. The van der Waals surface area contributed by atoms with Crippen LogP contribution in [0.15, 0.2) is 51.5 Å². The van der Waals surface area contributed by atoms with Crippen LogP contribution in [0.2, 0.25) is 0 Å². The van der Waals surface area contributed by atoms with Crippen molar-refractivity contribution in [3.63, 3.8) is 0 Å². The molecule has 0 saturated heterocycles. The Kier molecular flexibility index (Phi) is 11.3. The van der Waals surface area contributed by atoms with Gasteiger partial charge in [0.2, 0.25) is 26.0 Å². The summed E-state index contributed by atoms with van der Waals surface area (Å²) in [6, 6.07) is 5.26. The van der Waals surface area contributed by atoms with Crippen molar-refractivity contribution in [3.05, 3.63) is 47.1 Å². The maximum atomic E-state index is 13.8. The fourth-order valence-electron chi connectivity index (χ4n) is 4.45. The molecule has 0 spiro atoms. The second-order valence-electron chi connectivity index (χ2n) is 10.9. The number of thiazole rings is 1. The van der Waals surface area contributed by atoms with E-state index in [1.165, 1.54) is 40.3 Å². The van der Waals surface area contributed by atoms with E-state index in [1.807, 2.05) is 27.7 Å². The minimum Gasteiger partial charge on any atom is -0.464 e. The minimum absolute atomic E-state index is 0.0475. The predicted molar refractivity (Wildman–Crippen MR) is 158 cm³/mol. The maximum Gasteiger partial charge on any atom is 0.241 e. The number of rotatable bonds is 16. The van der Waals surface area contributed by atoms with Gasteiger partial charge in [-0.15, -0.1) is 11.3 Å². The molecule has 0 saturated carbocycles. The van der Waals surface area contributed by atoms with Crippen molar-refractivity contribution in [1.29, 1.82) is 0 Å². The molecule has 3 rings (SSSR count). The fraction of sp³-hybridized carbons (Fsp3) is 0.556. The van der Waals surface area contributed by atoms with Gasteiger partial charge in [-0.25, -0.2) is 16.8 Å². The molecule has 0 unspecified atom stereocenters. The number of benzene rings is 1. The van der Waals surface area contributed by atoms with Crippen LogP contribution in [0.3, 0.4) is 0 Å². The summed E-state index contributed by atoms with van der Waals surface area (Å²) in [5.41, 5.74) is 2.23. The topological polar surface area (TPSA) is 130 Å². The lowest BCUT2D eigenvalue weighted by molar-refractivity contribution is -0.134. The Morgan fingerprint density at radius 3 is 2.35 bits per heavy atom. The molecule has 2 aromatic heterocycles.